The van der Waals surface area contributed by atoms with Crippen LogP contribution in [0.3, 0.4) is 0 Å². The minimum absolute atomic E-state index is 0.0165. The van der Waals surface area contributed by atoms with Gasteiger partial charge in [0.2, 0.25) is 0 Å². The zero-order valence-corrected chi connectivity index (χ0v) is 17.2. The number of carboxylic acids is 1. The number of carbonyl (C=O) groups excluding carboxylic acids is 1. The van der Waals surface area contributed by atoms with Crippen molar-refractivity contribution in [2.75, 3.05) is 0 Å². The molecule has 1 aromatic heterocycles. The lowest BCUT2D eigenvalue weighted by Crippen LogP contribution is -2.37. The summed E-state index contributed by atoms with van der Waals surface area (Å²) in [5, 5.41) is 11.7. The summed E-state index contributed by atoms with van der Waals surface area (Å²) in [5.74, 6) is -0.891. The van der Waals surface area contributed by atoms with Gasteiger partial charge in [-0.25, -0.2) is 4.79 Å². The van der Waals surface area contributed by atoms with Crippen molar-refractivity contribution in [2.45, 2.75) is 31.9 Å². The lowest BCUT2D eigenvalue weighted by molar-refractivity contribution is -0.137. The smallest absolute Gasteiger partial charge is 0.407 e. The summed E-state index contributed by atoms with van der Waals surface area (Å²) in [6, 6.07) is 11.0. The first-order chi connectivity index (χ1) is 11.9. The molecule has 0 aliphatic carbocycles. The van der Waals surface area contributed by atoms with E-state index in [-0.39, 0.29) is 19.1 Å². The topological polar surface area (TPSA) is 75.6 Å². The van der Waals surface area contributed by atoms with E-state index >= 15 is 0 Å². The van der Waals surface area contributed by atoms with E-state index in [9.17, 15) is 9.59 Å². The van der Waals surface area contributed by atoms with Crippen LogP contribution in [0, 0.1) is 0 Å². The number of thiophene rings is 1. The quantitative estimate of drug-likeness (QED) is 0.547. The second-order valence-corrected chi connectivity index (χ2v) is 8.68. The monoisotopic (exact) mass is 489 g/mol. The number of benzene rings is 1. The summed E-state index contributed by atoms with van der Waals surface area (Å²) in [7, 11) is 0. The first-order valence-electron chi connectivity index (χ1n) is 7.56. The van der Waals surface area contributed by atoms with Crippen LogP contribution >= 0.6 is 43.2 Å². The molecule has 1 amide bonds. The van der Waals surface area contributed by atoms with Gasteiger partial charge in [0.15, 0.2) is 0 Å². The highest BCUT2D eigenvalue weighted by atomic mass is 79.9. The van der Waals surface area contributed by atoms with E-state index in [4.69, 9.17) is 9.84 Å². The normalized spacial score (nSPS) is 11.8. The number of rotatable bonds is 8. The van der Waals surface area contributed by atoms with Crippen LogP contribution in [0.2, 0.25) is 0 Å². The van der Waals surface area contributed by atoms with Gasteiger partial charge in [0.05, 0.1) is 3.79 Å². The Kier molecular flexibility index (Phi) is 7.92. The van der Waals surface area contributed by atoms with E-state index in [1.54, 1.807) is 11.3 Å². The van der Waals surface area contributed by atoms with Crippen LogP contribution in [0.4, 0.5) is 4.79 Å². The summed E-state index contributed by atoms with van der Waals surface area (Å²) >= 11 is 8.41. The minimum Gasteiger partial charge on any atom is -0.481 e. The molecule has 0 radical (unpaired) electrons. The van der Waals surface area contributed by atoms with Gasteiger partial charge in [-0.1, -0.05) is 30.3 Å². The van der Waals surface area contributed by atoms with E-state index in [0.717, 1.165) is 18.7 Å². The predicted molar refractivity (Wildman–Crippen MR) is 104 cm³/mol. The zero-order chi connectivity index (χ0) is 18.2. The third kappa shape index (κ3) is 7.17. The van der Waals surface area contributed by atoms with Crippen molar-refractivity contribution in [3.05, 3.63) is 55.1 Å². The largest absolute Gasteiger partial charge is 0.481 e. The standard InChI is InChI=1S/C17H17Br2NO4S/c18-14-9-13(25-16(14)19)8-12(6-7-15(21)22)20-17(23)24-10-11-4-2-1-3-5-11/h1-5,9,12H,6-8,10H2,(H,20,23)(H,21,22). The summed E-state index contributed by atoms with van der Waals surface area (Å²) in [6.07, 6.45) is 0.317. The van der Waals surface area contributed by atoms with Gasteiger partial charge >= 0.3 is 12.1 Å². The summed E-state index contributed by atoms with van der Waals surface area (Å²) in [5.41, 5.74) is 0.894. The van der Waals surface area contributed by atoms with Gasteiger partial charge in [-0.05, 0) is 49.9 Å². The Morgan fingerprint density at radius 2 is 1.96 bits per heavy atom. The van der Waals surface area contributed by atoms with E-state index in [1.165, 1.54) is 0 Å². The number of hydrogen-bond acceptors (Lipinski definition) is 4. The summed E-state index contributed by atoms with van der Waals surface area (Å²) in [6.45, 7) is 0.175. The molecule has 1 aromatic carbocycles. The lowest BCUT2D eigenvalue weighted by Gasteiger charge is -2.17. The Labute approximate surface area is 166 Å². The van der Waals surface area contributed by atoms with Gasteiger partial charge in [0, 0.05) is 28.2 Å². The van der Waals surface area contributed by atoms with E-state index in [2.05, 4.69) is 37.2 Å². The molecule has 2 aromatic rings. The maximum absolute atomic E-state index is 12.0. The van der Waals surface area contributed by atoms with Crippen LogP contribution < -0.4 is 5.32 Å². The minimum atomic E-state index is -0.891. The molecule has 0 aliphatic rings. The number of carboxylic acid groups (broad SMARTS) is 1. The zero-order valence-electron chi connectivity index (χ0n) is 13.2. The van der Waals surface area contributed by atoms with Crippen LogP contribution in [0.25, 0.3) is 0 Å². The number of amides is 1. The molecule has 5 nitrogen and oxygen atoms in total. The summed E-state index contributed by atoms with van der Waals surface area (Å²) < 4.78 is 7.12. The second kappa shape index (κ2) is 9.94. The maximum Gasteiger partial charge on any atom is 0.407 e. The molecule has 25 heavy (non-hydrogen) atoms. The van der Waals surface area contributed by atoms with Crippen LogP contribution in [-0.4, -0.2) is 23.2 Å². The molecule has 8 heteroatoms. The van der Waals surface area contributed by atoms with E-state index in [0.29, 0.717) is 12.8 Å². The maximum atomic E-state index is 12.0. The molecule has 1 heterocycles. The Hall–Kier alpha value is -1.38. The van der Waals surface area contributed by atoms with Gasteiger partial charge in [0.25, 0.3) is 0 Å². The third-order valence-electron chi connectivity index (χ3n) is 3.39. The fourth-order valence-electron chi connectivity index (χ4n) is 2.19. The first-order valence-corrected chi connectivity index (χ1v) is 9.97. The molecule has 0 saturated carbocycles. The molecule has 0 saturated heterocycles. The molecule has 0 spiro atoms. The van der Waals surface area contributed by atoms with E-state index < -0.39 is 12.1 Å². The van der Waals surface area contributed by atoms with Crippen molar-refractivity contribution < 1.29 is 19.4 Å². The van der Waals surface area contributed by atoms with Crippen LogP contribution in [-0.2, 0) is 22.6 Å². The predicted octanol–water partition coefficient (Wildman–Crippen LogP) is 4.98. The molecule has 1 unspecified atom stereocenters. The average molecular weight is 491 g/mol. The van der Waals surface area contributed by atoms with Gasteiger partial charge in [-0.3, -0.25) is 4.79 Å². The number of carbonyl (C=O) groups is 2. The fourth-order valence-corrected chi connectivity index (χ4v) is 4.45. The number of nitrogens with one attached hydrogen (secondary N) is 1. The van der Waals surface area contributed by atoms with Gasteiger partial charge in [-0.15, -0.1) is 11.3 Å². The molecule has 0 fully saturated rings. The number of hydrogen-bond donors (Lipinski definition) is 2. The Morgan fingerprint density at radius 3 is 2.56 bits per heavy atom. The highest BCUT2D eigenvalue weighted by Crippen LogP contribution is 2.33. The van der Waals surface area contributed by atoms with Crippen molar-refractivity contribution in [3.8, 4) is 0 Å². The van der Waals surface area contributed by atoms with Crippen LogP contribution in [0.15, 0.2) is 44.7 Å². The Balaban J connectivity index is 1.92. The number of ether oxygens (including phenoxy) is 1. The lowest BCUT2D eigenvalue weighted by atomic mass is 10.1. The molecular formula is C17H17Br2NO4S. The Bertz CT molecular complexity index is 701. The van der Waals surface area contributed by atoms with Crippen LogP contribution in [0.1, 0.15) is 23.3 Å². The SMILES string of the molecule is O=C(O)CCC(Cc1cc(Br)c(Br)s1)NC(=O)OCc1ccccc1. The Morgan fingerprint density at radius 1 is 1.24 bits per heavy atom. The highest BCUT2D eigenvalue weighted by Gasteiger charge is 2.17. The first kappa shape index (κ1) is 19.9. The number of halogens is 2. The van der Waals surface area contributed by atoms with Crippen molar-refractivity contribution in [2.24, 2.45) is 0 Å². The van der Waals surface area contributed by atoms with E-state index in [1.807, 2.05) is 36.4 Å². The number of alkyl carbamates (subject to hydrolysis) is 1. The van der Waals surface area contributed by atoms with Crippen molar-refractivity contribution in [3.63, 3.8) is 0 Å². The highest BCUT2D eigenvalue weighted by molar-refractivity contribution is 9.13. The van der Waals surface area contributed by atoms with Crippen molar-refractivity contribution in [1.82, 2.24) is 5.32 Å². The van der Waals surface area contributed by atoms with Crippen molar-refractivity contribution in [1.29, 1.82) is 0 Å². The van der Waals surface area contributed by atoms with Gasteiger partial charge in [-0.2, -0.15) is 0 Å². The third-order valence-corrected chi connectivity index (χ3v) is 6.66. The molecule has 134 valence electrons. The number of aliphatic carboxylic acids is 1. The van der Waals surface area contributed by atoms with Crippen LogP contribution in [0.5, 0.6) is 0 Å². The molecule has 2 rings (SSSR count). The average Bonchev–Trinajstić information content (AvgIpc) is 2.89. The second-order valence-electron chi connectivity index (χ2n) is 5.37. The van der Waals surface area contributed by atoms with Crippen molar-refractivity contribution >= 4 is 55.3 Å². The molecule has 0 bridgehead atoms. The molecule has 1 atom stereocenters. The van der Waals surface area contributed by atoms with Gasteiger partial charge < -0.3 is 15.2 Å². The molecule has 0 aliphatic heterocycles. The van der Waals surface area contributed by atoms with Gasteiger partial charge in [0.1, 0.15) is 6.61 Å². The fraction of sp³-hybridized carbons (Fsp3) is 0.294. The summed E-state index contributed by atoms with van der Waals surface area (Å²) in [4.78, 5) is 23.9. The molecular weight excluding hydrogens is 474 g/mol. The molecule has 2 N–H and O–H groups in total.